The Morgan fingerprint density at radius 2 is 2.12 bits per heavy atom. The molecule has 4 unspecified atom stereocenters. The monoisotopic (exact) mass is 240 g/mol. The molecule has 2 rings (SSSR count). The van der Waals surface area contributed by atoms with Crippen LogP contribution in [0.4, 0.5) is 0 Å². The quantitative estimate of drug-likeness (QED) is 0.795. The van der Waals surface area contributed by atoms with Crippen molar-refractivity contribution in [1.29, 1.82) is 0 Å². The van der Waals surface area contributed by atoms with Crippen molar-refractivity contribution in [3.63, 3.8) is 0 Å². The molecule has 17 heavy (non-hydrogen) atoms. The Balaban J connectivity index is 1.79. The zero-order valence-corrected chi connectivity index (χ0v) is 11.6. The summed E-state index contributed by atoms with van der Waals surface area (Å²) < 4.78 is 5.68. The molecule has 100 valence electrons. The number of likely N-dealkylation sites (N-methyl/N-ethyl adjacent to an activating group) is 1. The minimum atomic E-state index is 0.419. The molecule has 0 spiro atoms. The Kier molecular flexibility index (Phi) is 4.83. The fraction of sp³-hybridized carbons (Fsp3) is 1.00. The first kappa shape index (κ1) is 13.3. The number of hydrogen-bond acceptors (Lipinski definition) is 3. The molecule has 1 saturated heterocycles. The van der Waals surface area contributed by atoms with Crippen LogP contribution in [0.1, 0.15) is 46.0 Å². The number of rotatable bonds is 5. The van der Waals surface area contributed by atoms with Gasteiger partial charge in [-0.2, -0.15) is 0 Å². The lowest BCUT2D eigenvalue weighted by Crippen LogP contribution is -2.43. The maximum absolute atomic E-state index is 5.68. The first-order valence-electron chi connectivity index (χ1n) is 7.29. The van der Waals surface area contributed by atoms with E-state index in [1.54, 1.807) is 0 Å². The number of nitrogens with zero attached hydrogens (tertiary/aromatic N) is 1. The van der Waals surface area contributed by atoms with E-state index < -0.39 is 0 Å². The van der Waals surface area contributed by atoms with Gasteiger partial charge in [-0.1, -0.05) is 6.92 Å². The van der Waals surface area contributed by atoms with Crippen LogP contribution >= 0.6 is 0 Å². The predicted molar refractivity (Wildman–Crippen MR) is 71.3 cm³/mol. The smallest absolute Gasteiger partial charge is 0.0703 e. The van der Waals surface area contributed by atoms with Gasteiger partial charge in [0.25, 0.3) is 0 Å². The van der Waals surface area contributed by atoms with Gasteiger partial charge in [-0.15, -0.1) is 0 Å². The third kappa shape index (κ3) is 3.21. The topological polar surface area (TPSA) is 24.5 Å². The summed E-state index contributed by atoms with van der Waals surface area (Å²) in [6.45, 7) is 6.57. The maximum atomic E-state index is 5.68. The predicted octanol–water partition coefficient (Wildman–Crippen LogP) is 2.02. The Bertz CT molecular complexity index is 234. The lowest BCUT2D eigenvalue weighted by molar-refractivity contribution is 0.0680. The van der Waals surface area contributed by atoms with Crippen molar-refractivity contribution in [1.82, 2.24) is 10.2 Å². The molecule has 1 heterocycles. The van der Waals surface area contributed by atoms with Crippen molar-refractivity contribution >= 4 is 0 Å². The molecule has 0 radical (unpaired) electrons. The second kappa shape index (κ2) is 6.17. The molecule has 0 aromatic heterocycles. The highest BCUT2D eigenvalue weighted by molar-refractivity contribution is 4.91. The Morgan fingerprint density at radius 1 is 1.29 bits per heavy atom. The van der Waals surface area contributed by atoms with Crippen LogP contribution in [0.3, 0.4) is 0 Å². The molecule has 1 saturated carbocycles. The molecule has 2 aliphatic rings. The average Bonchev–Trinajstić information content (AvgIpc) is 2.94. The summed E-state index contributed by atoms with van der Waals surface area (Å²) >= 11 is 0. The van der Waals surface area contributed by atoms with Crippen LogP contribution in [0.25, 0.3) is 0 Å². The van der Waals surface area contributed by atoms with Gasteiger partial charge in [0.05, 0.1) is 6.10 Å². The highest BCUT2D eigenvalue weighted by atomic mass is 16.5. The van der Waals surface area contributed by atoms with Crippen molar-refractivity contribution in [2.45, 2.75) is 70.2 Å². The van der Waals surface area contributed by atoms with E-state index >= 15 is 0 Å². The van der Waals surface area contributed by atoms with Crippen molar-refractivity contribution in [3.05, 3.63) is 0 Å². The van der Waals surface area contributed by atoms with Crippen molar-refractivity contribution in [3.8, 4) is 0 Å². The lowest BCUT2D eigenvalue weighted by atomic mass is 10.1. The van der Waals surface area contributed by atoms with Gasteiger partial charge in [-0.3, -0.25) is 4.90 Å². The summed E-state index contributed by atoms with van der Waals surface area (Å²) in [7, 11) is 2.29. The minimum Gasteiger partial charge on any atom is -0.377 e. The summed E-state index contributed by atoms with van der Waals surface area (Å²) in [6.07, 6.45) is 6.88. The first-order chi connectivity index (χ1) is 8.22. The van der Waals surface area contributed by atoms with Crippen LogP contribution in [0, 0.1) is 0 Å². The molecule has 2 fully saturated rings. The molecule has 1 aliphatic heterocycles. The van der Waals surface area contributed by atoms with Crippen LogP contribution in [0.5, 0.6) is 0 Å². The second-order valence-electron chi connectivity index (χ2n) is 5.72. The van der Waals surface area contributed by atoms with Crippen molar-refractivity contribution < 1.29 is 4.74 Å². The molecule has 0 aromatic rings. The highest BCUT2D eigenvalue weighted by Gasteiger charge is 2.35. The highest BCUT2D eigenvalue weighted by Crippen LogP contribution is 2.28. The fourth-order valence-corrected chi connectivity index (χ4v) is 3.39. The standard InChI is InChI=1S/C14H28N2O/c1-4-8-15-12-5-6-13(10-12)16(3)14-7-9-17-11(14)2/h11-15H,4-10H2,1-3H3. The molecule has 1 aliphatic carbocycles. The van der Waals surface area contributed by atoms with E-state index in [2.05, 4.69) is 31.1 Å². The third-order valence-electron chi connectivity index (χ3n) is 4.52. The molecule has 3 nitrogen and oxygen atoms in total. The van der Waals surface area contributed by atoms with Crippen LogP contribution in [0.2, 0.25) is 0 Å². The zero-order valence-electron chi connectivity index (χ0n) is 11.6. The van der Waals surface area contributed by atoms with Gasteiger partial charge >= 0.3 is 0 Å². The summed E-state index contributed by atoms with van der Waals surface area (Å²) in [5.74, 6) is 0. The Labute approximate surface area is 106 Å². The largest absolute Gasteiger partial charge is 0.377 e. The van der Waals surface area contributed by atoms with Gasteiger partial charge < -0.3 is 10.1 Å². The third-order valence-corrected chi connectivity index (χ3v) is 4.52. The van der Waals surface area contributed by atoms with E-state index in [4.69, 9.17) is 4.74 Å². The zero-order chi connectivity index (χ0) is 12.3. The SMILES string of the molecule is CCCNC1CCC(N(C)C2CCOC2C)C1. The van der Waals surface area contributed by atoms with E-state index in [0.717, 1.165) is 18.7 Å². The summed E-state index contributed by atoms with van der Waals surface area (Å²) in [5.41, 5.74) is 0. The van der Waals surface area contributed by atoms with E-state index in [1.807, 2.05) is 0 Å². The van der Waals surface area contributed by atoms with Crippen molar-refractivity contribution in [2.75, 3.05) is 20.2 Å². The minimum absolute atomic E-state index is 0.419. The van der Waals surface area contributed by atoms with Crippen LogP contribution in [-0.4, -0.2) is 49.3 Å². The Hall–Kier alpha value is -0.120. The van der Waals surface area contributed by atoms with Crippen molar-refractivity contribution in [2.24, 2.45) is 0 Å². The fourth-order valence-electron chi connectivity index (χ4n) is 3.39. The van der Waals surface area contributed by atoms with Gasteiger partial charge in [-0.05, 0) is 52.6 Å². The molecule has 0 aromatic carbocycles. The molecule has 0 amide bonds. The summed E-state index contributed by atoms with van der Waals surface area (Å²) in [5, 5.41) is 3.66. The van der Waals surface area contributed by atoms with Gasteiger partial charge in [-0.25, -0.2) is 0 Å². The average molecular weight is 240 g/mol. The molecule has 1 N–H and O–H groups in total. The van der Waals surface area contributed by atoms with Crippen LogP contribution in [0.15, 0.2) is 0 Å². The second-order valence-corrected chi connectivity index (χ2v) is 5.72. The molecule has 3 heteroatoms. The normalized spacial score (nSPS) is 38.1. The van der Waals surface area contributed by atoms with E-state index in [9.17, 15) is 0 Å². The van der Waals surface area contributed by atoms with Gasteiger partial charge in [0.2, 0.25) is 0 Å². The van der Waals surface area contributed by atoms with E-state index in [1.165, 1.54) is 38.6 Å². The summed E-state index contributed by atoms with van der Waals surface area (Å²) in [4.78, 5) is 2.59. The van der Waals surface area contributed by atoms with Crippen LogP contribution < -0.4 is 5.32 Å². The van der Waals surface area contributed by atoms with E-state index in [-0.39, 0.29) is 0 Å². The Morgan fingerprint density at radius 3 is 2.76 bits per heavy atom. The maximum Gasteiger partial charge on any atom is 0.0703 e. The molecule has 4 atom stereocenters. The van der Waals surface area contributed by atoms with Crippen LogP contribution in [-0.2, 0) is 4.74 Å². The summed E-state index contributed by atoms with van der Waals surface area (Å²) in [6, 6.07) is 2.16. The molecular weight excluding hydrogens is 212 g/mol. The number of ether oxygens (including phenoxy) is 1. The number of hydrogen-bond donors (Lipinski definition) is 1. The molecular formula is C14H28N2O. The number of nitrogens with one attached hydrogen (secondary N) is 1. The van der Waals surface area contributed by atoms with Gasteiger partial charge in [0.15, 0.2) is 0 Å². The van der Waals surface area contributed by atoms with Gasteiger partial charge in [0.1, 0.15) is 0 Å². The lowest BCUT2D eigenvalue weighted by Gasteiger charge is -2.32. The van der Waals surface area contributed by atoms with Gasteiger partial charge in [0, 0.05) is 24.7 Å². The van der Waals surface area contributed by atoms with E-state index in [0.29, 0.717) is 12.1 Å². The molecule has 0 bridgehead atoms. The first-order valence-corrected chi connectivity index (χ1v) is 7.29.